The molecule has 196 valence electrons. The van der Waals surface area contributed by atoms with Gasteiger partial charge in [0.15, 0.2) is 0 Å². The fraction of sp³-hybridized carbons (Fsp3) is 0.571. The Bertz CT molecular complexity index is 1000. The molecule has 0 bridgehead atoms. The first-order valence-electron chi connectivity index (χ1n) is 13.0. The third-order valence-electron chi connectivity index (χ3n) is 7.20. The predicted molar refractivity (Wildman–Crippen MR) is 143 cm³/mol. The molecule has 2 aliphatic heterocycles. The molecule has 2 aromatic rings. The molecule has 0 atom stereocenters. The highest BCUT2D eigenvalue weighted by atomic mass is 35.5. The molecule has 1 amide bonds. The average Bonchev–Trinajstić information content (AvgIpc) is 3.31. The molecule has 0 unspecified atom stereocenters. The molecular weight excluding hydrogens is 476 g/mol. The van der Waals surface area contributed by atoms with Gasteiger partial charge in [-0.25, -0.2) is 0 Å². The van der Waals surface area contributed by atoms with Gasteiger partial charge >= 0.3 is 0 Å². The molecule has 7 nitrogen and oxygen atoms in total. The van der Waals surface area contributed by atoms with E-state index in [9.17, 15) is 4.79 Å². The smallest absolute Gasteiger partial charge is 0.225 e. The van der Waals surface area contributed by atoms with Crippen LogP contribution in [0.25, 0.3) is 0 Å². The molecular formula is C28H39ClN4O3. The molecule has 1 aromatic heterocycles. The monoisotopic (exact) mass is 514 g/mol. The van der Waals surface area contributed by atoms with Crippen molar-refractivity contribution in [1.82, 2.24) is 14.7 Å². The number of methoxy groups -OCH3 is 1. The Balaban J connectivity index is 1.26. The third kappa shape index (κ3) is 7.19. The molecule has 2 aliphatic rings. The molecule has 36 heavy (non-hydrogen) atoms. The van der Waals surface area contributed by atoms with Crippen molar-refractivity contribution in [3.05, 3.63) is 58.5 Å². The average molecular weight is 515 g/mol. The lowest BCUT2D eigenvalue weighted by molar-refractivity contribution is -0.138. The first-order valence-corrected chi connectivity index (χ1v) is 13.3. The topological polar surface area (TPSA) is 61.5 Å². The van der Waals surface area contributed by atoms with E-state index in [0.717, 1.165) is 92.8 Å². The van der Waals surface area contributed by atoms with Crippen LogP contribution in [0, 0.1) is 11.8 Å². The van der Waals surface area contributed by atoms with E-state index in [4.69, 9.17) is 25.7 Å². The van der Waals surface area contributed by atoms with E-state index in [2.05, 4.69) is 26.8 Å². The summed E-state index contributed by atoms with van der Waals surface area (Å²) in [5.41, 5.74) is 2.14. The van der Waals surface area contributed by atoms with E-state index in [0.29, 0.717) is 18.6 Å². The Hall–Kier alpha value is -2.19. The predicted octanol–water partition coefficient (Wildman–Crippen LogP) is 4.54. The Morgan fingerprint density at radius 1 is 1.00 bits per heavy atom. The highest BCUT2D eigenvalue weighted by Crippen LogP contribution is 2.27. The molecule has 0 saturated carbocycles. The number of nitrogens with zero attached hydrogens (tertiary/aromatic N) is 4. The van der Waals surface area contributed by atoms with Gasteiger partial charge < -0.3 is 19.0 Å². The minimum absolute atomic E-state index is 0.122. The summed E-state index contributed by atoms with van der Waals surface area (Å²) in [7, 11) is 5.74. The van der Waals surface area contributed by atoms with Crippen molar-refractivity contribution >= 4 is 23.2 Å². The van der Waals surface area contributed by atoms with Crippen LogP contribution in [0.4, 0.5) is 0 Å². The van der Waals surface area contributed by atoms with Gasteiger partial charge in [-0.05, 0) is 82.7 Å². The number of rotatable bonds is 9. The van der Waals surface area contributed by atoms with E-state index < -0.39 is 0 Å². The van der Waals surface area contributed by atoms with Gasteiger partial charge in [-0.15, -0.1) is 0 Å². The summed E-state index contributed by atoms with van der Waals surface area (Å²) < 4.78 is 11.2. The van der Waals surface area contributed by atoms with Crippen LogP contribution in [0.1, 0.15) is 42.8 Å². The number of carbonyl (C=O) groups is 1. The van der Waals surface area contributed by atoms with Gasteiger partial charge in [-0.3, -0.25) is 14.7 Å². The number of carbonyl (C=O) groups excluding carboxylic acids is 1. The van der Waals surface area contributed by atoms with Gasteiger partial charge in [0.25, 0.3) is 0 Å². The number of ether oxygens (including phenoxy) is 1. The molecule has 2 saturated heterocycles. The Labute approximate surface area is 220 Å². The zero-order valence-electron chi connectivity index (χ0n) is 21.8. The molecule has 4 rings (SSSR count). The zero-order chi connectivity index (χ0) is 25.5. The molecule has 2 fully saturated rings. The van der Waals surface area contributed by atoms with Gasteiger partial charge in [0.05, 0.1) is 13.1 Å². The van der Waals surface area contributed by atoms with Crippen LogP contribution in [0.2, 0.25) is 5.02 Å². The molecule has 0 N–H and O–H groups in total. The van der Waals surface area contributed by atoms with Gasteiger partial charge in [0.1, 0.15) is 18.3 Å². The van der Waals surface area contributed by atoms with Crippen molar-refractivity contribution in [2.45, 2.75) is 38.8 Å². The summed E-state index contributed by atoms with van der Waals surface area (Å²) in [6.07, 6.45) is 3.66. The third-order valence-corrected chi connectivity index (χ3v) is 7.45. The highest BCUT2D eigenvalue weighted by Gasteiger charge is 2.32. The van der Waals surface area contributed by atoms with Crippen molar-refractivity contribution in [2.24, 2.45) is 16.8 Å². The van der Waals surface area contributed by atoms with E-state index in [1.165, 1.54) is 0 Å². The van der Waals surface area contributed by atoms with E-state index in [1.54, 1.807) is 7.11 Å². The number of hydrogen-bond acceptors (Lipinski definition) is 6. The lowest BCUT2D eigenvalue weighted by Crippen LogP contribution is -2.46. The lowest BCUT2D eigenvalue weighted by Gasteiger charge is -2.37. The minimum Gasteiger partial charge on any atom is -0.463 e. The number of amides is 1. The van der Waals surface area contributed by atoms with Crippen molar-refractivity contribution in [3.63, 3.8) is 0 Å². The summed E-state index contributed by atoms with van der Waals surface area (Å²) in [5.74, 6) is 2.76. The van der Waals surface area contributed by atoms with Crippen LogP contribution in [0.15, 0.2) is 45.8 Å². The standard InChI is InChI=1S/C28H39ClN4O3/c1-31(2)18-25-8-9-26(36-25)19-32-14-10-23(11-15-32)28(34)33-16-12-22(13-17-33)27(30-20-35-3)21-4-6-24(29)7-5-21/h4-9,22-23H,10-20H2,1-3H3/b30-27+. The van der Waals surface area contributed by atoms with Crippen LogP contribution in [-0.4, -0.2) is 80.4 Å². The van der Waals surface area contributed by atoms with Crippen molar-refractivity contribution in [2.75, 3.05) is 54.1 Å². The fourth-order valence-electron chi connectivity index (χ4n) is 5.30. The molecule has 0 radical (unpaired) electrons. The maximum absolute atomic E-state index is 13.3. The first kappa shape index (κ1) is 26.9. The minimum atomic E-state index is 0.122. The fourth-order valence-corrected chi connectivity index (χ4v) is 5.43. The number of furan rings is 1. The number of halogens is 1. The maximum atomic E-state index is 13.3. The van der Waals surface area contributed by atoms with Crippen molar-refractivity contribution < 1.29 is 13.9 Å². The van der Waals surface area contributed by atoms with Gasteiger partial charge in [-0.2, -0.15) is 0 Å². The van der Waals surface area contributed by atoms with Crippen LogP contribution < -0.4 is 0 Å². The largest absolute Gasteiger partial charge is 0.463 e. The number of benzene rings is 1. The number of aliphatic imine (C=N–C) groups is 1. The molecule has 8 heteroatoms. The summed E-state index contributed by atoms with van der Waals surface area (Å²) in [5, 5.41) is 0.717. The Kier molecular flexibility index (Phi) is 9.60. The Morgan fingerprint density at radius 3 is 2.28 bits per heavy atom. The van der Waals surface area contributed by atoms with Crippen LogP contribution in [-0.2, 0) is 22.6 Å². The Morgan fingerprint density at radius 2 is 1.64 bits per heavy atom. The maximum Gasteiger partial charge on any atom is 0.225 e. The van der Waals surface area contributed by atoms with Crippen molar-refractivity contribution in [3.8, 4) is 0 Å². The quantitative estimate of drug-likeness (QED) is 0.460. The first-order chi connectivity index (χ1) is 17.4. The number of piperidine rings is 2. The van der Waals surface area contributed by atoms with E-state index >= 15 is 0 Å². The molecule has 1 aromatic carbocycles. The zero-order valence-corrected chi connectivity index (χ0v) is 22.5. The van der Waals surface area contributed by atoms with Gasteiger partial charge in [-0.1, -0.05) is 23.7 Å². The second kappa shape index (κ2) is 12.9. The highest BCUT2D eigenvalue weighted by molar-refractivity contribution is 6.30. The number of hydrogen-bond donors (Lipinski definition) is 0. The number of likely N-dealkylation sites (tertiary alicyclic amines) is 2. The normalized spacial score (nSPS) is 18.8. The molecule has 3 heterocycles. The summed E-state index contributed by atoms with van der Waals surface area (Å²) in [4.78, 5) is 24.6. The van der Waals surface area contributed by atoms with Crippen molar-refractivity contribution in [1.29, 1.82) is 0 Å². The van der Waals surface area contributed by atoms with Gasteiger partial charge in [0, 0.05) is 42.8 Å². The molecule has 0 spiro atoms. The lowest BCUT2D eigenvalue weighted by atomic mass is 9.87. The van der Waals surface area contributed by atoms with Crippen LogP contribution in [0.5, 0.6) is 0 Å². The second-order valence-corrected chi connectivity index (χ2v) is 10.7. The summed E-state index contributed by atoms with van der Waals surface area (Å²) in [6.45, 7) is 5.39. The van der Waals surface area contributed by atoms with E-state index in [-0.39, 0.29) is 5.92 Å². The van der Waals surface area contributed by atoms with Gasteiger partial charge in [0.2, 0.25) is 5.91 Å². The summed E-state index contributed by atoms with van der Waals surface area (Å²) >= 11 is 6.08. The SMILES string of the molecule is COC/N=C(\c1ccc(Cl)cc1)C1CCN(C(=O)C2CCN(Cc3ccc(CN(C)C)o3)CC2)CC1. The summed E-state index contributed by atoms with van der Waals surface area (Å²) in [6, 6.07) is 12.0. The van der Waals surface area contributed by atoms with E-state index in [1.807, 2.05) is 38.4 Å². The van der Waals surface area contributed by atoms with Crippen LogP contribution >= 0.6 is 11.6 Å². The molecule has 0 aliphatic carbocycles. The van der Waals surface area contributed by atoms with Crippen LogP contribution in [0.3, 0.4) is 0 Å². The second-order valence-electron chi connectivity index (χ2n) is 10.2.